The van der Waals surface area contributed by atoms with E-state index in [-0.39, 0.29) is 30.0 Å². The van der Waals surface area contributed by atoms with Crippen LogP contribution in [0.2, 0.25) is 0 Å². The third-order valence-electron chi connectivity index (χ3n) is 5.14. The molecule has 1 unspecified atom stereocenters. The number of amides is 1. The van der Waals surface area contributed by atoms with Crippen LogP contribution in [-0.2, 0) is 4.74 Å². The lowest BCUT2D eigenvalue weighted by molar-refractivity contribution is 0.0505. The first-order valence-corrected chi connectivity index (χ1v) is 11.6. The number of carbonyl (C=O) groups excluding carboxylic acids is 1. The van der Waals surface area contributed by atoms with Gasteiger partial charge in [0.25, 0.3) is 0 Å². The maximum absolute atomic E-state index is 12.4. The molecule has 7 nitrogen and oxygen atoms in total. The summed E-state index contributed by atoms with van der Waals surface area (Å²) in [6, 6.07) is 10.1. The monoisotopic (exact) mass is 559 g/mol. The zero-order valence-electron chi connectivity index (χ0n) is 20.3. The van der Waals surface area contributed by atoms with Crippen molar-refractivity contribution in [2.75, 3.05) is 32.7 Å². The highest BCUT2D eigenvalue weighted by atomic mass is 127. The van der Waals surface area contributed by atoms with Crippen LogP contribution in [0.3, 0.4) is 0 Å². The Labute approximate surface area is 211 Å². The van der Waals surface area contributed by atoms with E-state index in [1.165, 1.54) is 13.0 Å². The van der Waals surface area contributed by atoms with Crippen LogP contribution in [0.15, 0.2) is 35.3 Å². The molecule has 2 rings (SSSR count). The topological polar surface area (TPSA) is 78.0 Å². The molecule has 8 heteroatoms. The lowest BCUT2D eigenvalue weighted by Gasteiger charge is -2.33. The fourth-order valence-corrected chi connectivity index (χ4v) is 3.68. The van der Waals surface area contributed by atoms with Gasteiger partial charge in [-0.3, -0.25) is 4.99 Å². The number of halogens is 1. The van der Waals surface area contributed by atoms with Crippen molar-refractivity contribution in [1.82, 2.24) is 20.9 Å². The third kappa shape index (κ3) is 10.8. The Morgan fingerprint density at radius 3 is 2.41 bits per heavy atom. The van der Waals surface area contributed by atoms with E-state index < -0.39 is 11.7 Å². The standard InChI is InChI=1S/C24H41N5O2.HI/c1-6-15-29-16-13-20(14-17-29)27-22(25-7-2)26-18-21(19-11-9-8-10-12-19)28-23(30)31-24(3,4)5;/h8-12,20-21H,6-7,13-18H2,1-5H3,(H,28,30)(H2,25,26,27);1H. The van der Waals surface area contributed by atoms with Crippen molar-refractivity contribution in [1.29, 1.82) is 0 Å². The van der Waals surface area contributed by atoms with Crippen molar-refractivity contribution in [2.24, 2.45) is 4.99 Å². The van der Waals surface area contributed by atoms with Gasteiger partial charge in [0.15, 0.2) is 5.96 Å². The van der Waals surface area contributed by atoms with Gasteiger partial charge in [0.2, 0.25) is 0 Å². The van der Waals surface area contributed by atoms with E-state index in [4.69, 9.17) is 9.73 Å². The Morgan fingerprint density at radius 2 is 1.84 bits per heavy atom. The molecule has 0 aromatic heterocycles. The molecule has 0 bridgehead atoms. The van der Waals surface area contributed by atoms with Gasteiger partial charge in [-0.05, 0) is 59.1 Å². The van der Waals surface area contributed by atoms with Crippen LogP contribution >= 0.6 is 24.0 Å². The molecule has 3 N–H and O–H groups in total. The second-order valence-electron chi connectivity index (χ2n) is 9.09. The number of hydrogen-bond donors (Lipinski definition) is 3. The van der Waals surface area contributed by atoms with Crippen molar-refractivity contribution in [3.8, 4) is 0 Å². The zero-order chi connectivity index (χ0) is 22.7. The molecular formula is C24H42IN5O2. The van der Waals surface area contributed by atoms with Gasteiger partial charge in [-0.25, -0.2) is 4.79 Å². The summed E-state index contributed by atoms with van der Waals surface area (Å²) in [6.45, 7) is 14.5. The second-order valence-corrected chi connectivity index (χ2v) is 9.09. The van der Waals surface area contributed by atoms with Crippen LogP contribution in [0, 0.1) is 0 Å². The summed E-state index contributed by atoms with van der Waals surface area (Å²) in [5.41, 5.74) is 0.457. The predicted molar refractivity (Wildman–Crippen MR) is 143 cm³/mol. The third-order valence-corrected chi connectivity index (χ3v) is 5.14. The number of guanidine groups is 1. The summed E-state index contributed by atoms with van der Waals surface area (Å²) in [6.07, 6.45) is 3.00. The first-order chi connectivity index (χ1) is 14.8. The fourth-order valence-electron chi connectivity index (χ4n) is 3.68. The first kappa shape index (κ1) is 28.5. The van der Waals surface area contributed by atoms with Crippen LogP contribution < -0.4 is 16.0 Å². The summed E-state index contributed by atoms with van der Waals surface area (Å²) >= 11 is 0. The van der Waals surface area contributed by atoms with Gasteiger partial charge in [0, 0.05) is 25.7 Å². The number of carbonyl (C=O) groups is 1. The maximum atomic E-state index is 12.4. The normalized spacial score (nSPS) is 16.6. The number of likely N-dealkylation sites (tertiary alicyclic amines) is 1. The quantitative estimate of drug-likeness (QED) is 0.252. The van der Waals surface area contributed by atoms with Gasteiger partial charge in [-0.2, -0.15) is 0 Å². The summed E-state index contributed by atoms with van der Waals surface area (Å²) < 4.78 is 5.46. The van der Waals surface area contributed by atoms with Crippen molar-refractivity contribution < 1.29 is 9.53 Å². The molecule has 0 aliphatic carbocycles. The van der Waals surface area contributed by atoms with E-state index in [0.29, 0.717) is 12.6 Å². The van der Waals surface area contributed by atoms with E-state index in [0.717, 1.165) is 44.0 Å². The van der Waals surface area contributed by atoms with Crippen LogP contribution in [0.5, 0.6) is 0 Å². The maximum Gasteiger partial charge on any atom is 0.408 e. The average Bonchev–Trinajstić information content (AvgIpc) is 2.72. The van der Waals surface area contributed by atoms with Gasteiger partial charge in [-0.15, -0.1) is 24.0 Å². The van der Waals surface area contributed by atoms with E-state index in [9.17, 15) is 4.79 Å². The molecule has 1 aliphatic heterocycles. The van der Waals surface area contributed by atoms with E-state index >= 15 is 0 Å². The molecule has 182 valence electrons. The van der Waals surface area contributed by atoms with Gasteiger partial charge >= 0.3 is 6.09 Å². The largest absolute Gasteiger partial charge is 0.444 e. The number of piperidine rings is 1. The molecule has 1 fully saturated rings. The van der Waals surface area contributed by atoms with Crippen molar-refractivity contribution in [2.45, 2.75) is 71.6 Å². The molecule has 1 saturated heterocycles. The lowest BCUT2D eigenvalue weighted by Crippen LogP contribution is -2.49. The molecule has 32 heavy (non-hydrogen) atoms. The molecule has 0 spiro atoms. The molecular weight excluding hydrogens is 517 g/mol. The number of benzene rings is 1. The van der Waals surface area contributed by atoms with Gasteiger partial charge in [0.05, 0.1) is 12.6 Å². The van der Waals surface area contributed by atoms with Crippen LogP contribution in [-0.4, -0.2) is 61.3 Å². The van der Waals surface area contributed by atoms with E-state index in [2.05, 4.69) is 34.7 Å². The molecule has 1 aliphatic rings. The summed E-state index contributed by atoms with van der Waals surface area (Å²) in [4.78, 5) is 19.7. The number of nitrogens with one attached hydrogen (secondary N) is 3. The zero-order valence-corrected chi connectivity index (χ0v) is 22.6. The number of hydrogen-bond acceptors (Lipinski definition) is 4. The Kier molecular flexibility index (Phi) is 13.0. The lowest BCUT2D eigenvalue weighted by atomic mass is 10.1. The summed E-state index contributed by atoms with van der Waals surface area (Å²) in [5, 5.41) is 9.91. The van der Waals surface area contributed by atoms with Crippen LogP contribution in [0.25, 0.3) is 0 Å². The van der Waals surface area contributed by atoms with Crippen LogP contribution in [0.4, 0.5) is 4.79 Å². The highest BCUT2D eigenvalue weighted by Gasteiger charge is 2.22. The SMILES string of the molecule is CCCN1CCC(NC(=NCC(NC(=O)OC(C)(C)C)c2ccccc2)NCC)CC1.I. The number of aliphatic imine (C=N–C) groups is 1. The van der Waals surface area contributed by atoms with Gasteiger partial charge < -0.3 is 25.6 Å². The first-order valence-electron chi connectivity index (χ1n) is 11.6. The number of alkyl carbamates (subject to hydrolysis) is 1. The minimum Gasteiger partial charge on any atom is -0.444 e. The Morgan fingerprint density at radius 1 is 1.19 bits per heavy atom. The summed E-state index contributed by atoms with van der Waals surface area (Å²) in [7, 11) is 0. The molecule has 0 saturated carbocycles. The van der Waals surface area contributed by atoms with Gasteiger partial charge in [-0.1, -0.05) is 37.3 Å². The Balaban J connectivity index is 0.00000512. The highest BCUT2D eigenvalue weighted by molar-refractivity contribution is 14.0. The van der Waals surface area contributed by atoms with Crippen LogP contribution in [0.1, 0.15) is 65.5 Å². The fraction of sp³-hybridized carbons (Fsp3) is 0.667. The minimum atomic E-state index is -0.544. The predicted octanol–water partition coefficient (Wildman–Crippen LogP) is 4.30. The van der Waals surface area contributed by atoms with Crippen molar-refractivity contribution in [3.63, 3.8) is 0 Å². The molecule has 1 aromatic rings. The molecule has 0 radical (unpaired) electrons. The molecule has 1 aromatic carbocycles. The van der Waals surface area contributed by atoms with Crippen molar-refractivity contribution in [3.05, 3.63) is 35.9 Å². The highest BCUT2D eigenvalue weighted by Crippen LogP contribution is 2.15. The average molecular weight is 560 g/mol. The minimum absolute atomic E-state index is 0. The summed E-state index contributed by atoms with van der Waals surface area (Å²) in [5.74, 6) is 0.795. The molecule has 1 atom stereocenters. The van der Waals surface area contributed by atoms with Crippen molar-refractivity contribution >= 4 is 36.0 Å². The molecule has 1 heterocycles. The number of ether oxygens (including phenoxy) is 1. The second kappa shape index (κ2) is 14.6. The number of rotatable bonds is 8. The van der Waals surface area contributed by atoms with E-state index in [1.54, 1.807) is 0 Å². The van der Waals surface area contributed by atoms with E-state index in [1.807, 2.05) is 51.1 Å². The Bertz CT molecular complexity index is 685. The smallest absolute Gasteiger partial charge is 0.408 e. The molecule has 1 amide bonds. The Hall–Kier alpha value is -1.55. The number of nitrogens with zero attached hydrogens (tertiary/aromatic N) is 2. The van der Waals surface area contributed by atoms with Gasteiger partial charge in [0.1, 0.15) is 5.60 Å².